The lowest BCUT2D eigenvalue weighted by Gasteiger charge is -2.37. The Morgan fingerprint density at radius 1 is 0.475 bits per heavy atom. The summed E-state index contributed by atoms with van der Waals surface area (Å²) >= 11 is 0. The molecule has 12 rings (SSSR count). The molecule has 7 heteroatoms. The van der Waals surface area contributed by atoms with Gasteiger partial charge in [0.05, 0.1) is 5.69 Å². The molecule has 6 nitrogen and oxygen atoms in total. The monoisotopic (exact) mass is 790 g/mol. The van der Waals surface area contributed by atoms with E-state index in [-0.39, 0.29) is 5.41 Å². The maximum absolute atomic E-state index is 6.54. The van der Waals surface area contributed by atoms with E-state index in [0.717, 1.165) is 44.8 Å². The maximum Gasteiger partial charge on any atom is 0.198 e. The predicted molar refractivity (Wildman–Crippen MR) is 250 cm³/mol. The fourth-order valence-electron chi connectivity index (χ4n) is 9.03. The number of hydrogen-bond acceptors (Lipinski definition) is 6. The van der Waals surface area contributed by atoms with E-state index in [2.05, 4.69) is 146 Å². The molecule has 0 saturated heterocycles. The van der Waals surface area contributed by atoms with Gasteiger partial charge in [0.1, 0.15) is 0 Å². The summed E-state index contributed by atoms with van der Waals surface area (Å²) in [5.41, 5.74) is 11.0. The molecule has 0 saturated carbocycles. The van der Waals surface area contributed by atoms with Crippen molar-refractivity contribution in [2.75, 3.05) is 10.2 Å². The Morgan fingerprint density at radius 3 is 1.70 bits per heavy atom. The summed E-state index contributed by atoms with van der Waals surface area (Å²) in [5.74, 6) is 5.43. The van der Waals surface area contributed by atoms with E-state index in [0.29, 0.717) is 53.3 Å². The zero-order chi connectivity index (χ0) is 40.8. The van der Waals surface area contributed by atoms with Crippen molar-refractivity contribution in [2.45, 2.75) is 26.2 Å². The molecular weight excluding hydrogens is 751 g/mol. The molecule has 292 valence electrons. The summed E-state index contributed by atoms with van der Waals surface area (Å²) in [4.78, 5) is 2.35. The maximum atomic E-state index is 6.54. The zero-order valence-corrected chi connectivity index (χ0v) is 34.0. The number of para-hydroxylation sites is 4. The minimum absolute atomic E-state index is 0.0539. The van der Waals surface area contributed by atoms with Crippen molar-refractivity contribution >= 4 is 68.2 Å². The van der Waals surface area contributed by atoms with E-state index in [4.69, 9.17) is 18.9 Å². The number of nitrogens with one attached hydrogen (secondary N) is 1. The second-order valence-electron chi connectivity index (χ2n) is 17.0. The van der Waals surface area contributed by atoms with E-state index >= 15 is 0 Å². The Hall–Kier alpha value is -7.64. The third-order valence-corrected chi connectivity index (χ3v) is 12.1. The molecule has 0 radical (unpaired) electrons. The number of rotatable bonds is 4. The molecule has 0 bridgehead atoms. The van der Waals surface area contributed by atoms with Gasteiger partial charge in [-0.1, -0.05) is 111 Å². The van der Waals surface area contributed by atoms with Gasteiger partial charge in [-0.3, -0.25) is 0 Å². The smallest absolute Gasteiger partial charge is 0.198 e. The summed E-state index contributed by atoms with van der Waals surface area (Å²) in [6, 6.07) is 59.2. The minimum atomic E-state index is 0.0539. The number of ether oxygens (including phenoxy) is 4. The van der Waals surface area contributed by atoms with Crippen molar-refractivity contribution in [3.63, 3.8) is 0 Å². The highest BCUT2D eigenvalue weighted by molar-refractivity contribution is 6.74. The van der Waals surface area contributed by atoms with Gasteiger partial charge in [-0.05, 0) is 116 Å². The number of fused-ring (bicyclic) bond motifs is 8. The van der Waals surface area contributed by atoms with Crippen molar-refractivity contribution < 1.29 is 18.9 Å². The van der Waals surface area contributed by atoms with E-state index < -0.39 is 0 Å². The molecule has 0 spiro atoms. The van der Waals surface area contributed by atoms with Crippen molar-refractivity contribution in [1.82, 2.24) is 0 Å². The van der Waals surface area contributed by atoms with Gasteiger partial charge in [-0.25, -0.2) is 0 Å². The topological polar surface area (TPSA) is 52.2 Å². The van der Waals surface area contributed by atoms with Crippen molar-refractivity contribution in [1.29, 1.82) is 0 Å². The van der Waals surface area contributed by atoms with Crippen LogP contribution in [0.5, 0.6) is 46.0 Å². The fourth-order valence-corrected chi connectivity index (χ4v) is 9.03. The second-order valence-corrected chi connectivity index (χ2v) is 17.0. The Morgan fingerprint density at radius 2 is 1.03 bits per heavy atom. The van der Waals surface area contributed by atoms with Crippen molar-refractivity contribution in [3.05, 3.63) is 175 Å². The molecule has 3 aliphatic heterocycles. The molecule has 61 heavy (non-hydrogen) atoms. The van der Waals surface area contributed by atoms with Crippen LogP contribution in [0.2, 0.25) is 0 Å². The number of anilines is 5. The van der Waals surface area contributed by atoms with Crippen molar-refractivity contribution in [2.24, 2.45) is 0 Å². The molecule has 0 fully saturated rings. The Kier molecular flexibility index (Phi) is 7.79. The van der Waals surface area contributed by atoms with Crippen LogP contribution in [0, 0.1) is 0 Å². The first-order valence-electron chi connectivity index (χ1n) is 20.8. The van der Waals surface area contributed by atoms with E-state index in [1.807, 2.05) is 54.6 Å². The molecule has 0 atom stereocenters. The molecule has 1 N–H and O–H groups in total. The SMILES string of the molecule is CC(C)(C)c1ccc(Nc2cc3ccccc3cc2-c2c3c(cc4ccccc24)N(c2ccc4c(c2)Oc2ccccc2O4)c2cc4c(cc2B3)Oc2ccccc2O4)cc1. The van der Waals surface area contributed by atoms with Crippen LogP contribution in [0.1, 0.15) is 26.3 Å². The number of nitrogens with zero attached hydrogens (tertiary/aromatic N) is 1. The number of benzene rings is 9. The van der Waals surface area contributed by atoms with Gasteiger partial charge in [0.15, 0.2) is 53.3 Å². The molecule has 0 aromatic heterocycles. The summed E-state index contributed by atoms with van der Waals surface area (Å²) in [6.45, 7) is 6.75. The van der Waals surface area contributed by atoms with Gasteiger partial charge >= 0.3 is 0 Å². The summed E-state index contributed by atoms with van der Waals surface area (Å²) < 4.78 is 25.9. The van der Waals surface area contributed by atoms with Gasteiger partial charge in [-0.2, -0.15) is 0 Å². The summed E-state index contributed by atoms with van der Waals surface area (Å²) in [5, 5.41) is 8.54. The Balaban J connectivity index is 1.09. The molecule has 0 amide bonds. The average Bonchev–Trinajstić information content (AvgIpc) is 3.27. The Bertz CT molecular complexity index is 3260. The fraction of sp³-hybridized carbons (Fsp3) is 0.0741. The van der Waals surface area contributed by atoms with Crippen LogP contribution >= 0.6 is 0 Å². The van der Waals surface area contributed by atoms with Crippen molar-refractivity contribution in [3.8, 4) is 57.1 Å². The number of hydrogen-bond donors (Lipinski definition) is 1. The van der Waals surface area contributed by atoms with Crippen LogP contribution in [-0.2, 0) is 5.41 Å². The lowest BCUT2D eigenvalue weighted by Crippen LogP contribution is -2.41. The van der Waals surface area contributed by atoms with Gasteiger partial charge < -0.3 is 29.2 Å². The normalized spacial score (nSPS) is 13.1. The quantitative estimate of drug-likeness (QED) is 0.179. The van der Waals surface area contributed by atoms with Gasteiger partial charge in [0.2, 0.25) is 0 Å². The van der Waals surface area contributed by atoms with Crippen LogP contribution in [0.4, 0.5) is 28.4 Å². The van der Waals surface area contributed by atoms with Crippen LogP contribution in [-0.4, -0.2) is 7.28 Å². The largest absolute Gasteiger partial charge is 0.450 e. The molecule has 3 heterocycles. The van der Waals surface area contributed by atoms with Crippen LogP contribution in [0.25, 0.3) is 32.7 Å². The first-order chi connectivity index (χ1) is 29.8. The lowest BCUT2D eigenvalue weighted by atomic mass is 9.57. The average molecular weight is 791 g/mol. The zero-order valence-electron chi connectivity index (χ0n) is 34.0. The molecule has 3 aliphatic rings. The lowest BCUT2D eigenvalue weighted by molar-refractivity contribution is 0.359. The van der Waals surface area contributed by atoms with Gasteiger partial charge in [0, 0.05) is 40.4 Å². The minimum Gasteiger partial charge on any atom is -0.450 e. The van der Waals surface area contributed by atoms with Crippen LogP contribution < -0.4 is 40.1 Å². The third-order valence-electron chi connectivity index (χ3n) is 12.1. The van der Waals surface area contributed by atoms with E-state index in [1.54, 1.807) is 0 Å². The van der Waals surface area contributed by atoms with Crippen LogP contribution in [0.3, 0.4) is 0 Å². The van der Waals surface area contributed by atoms with E-state index in [9.17, 15) is 0 Å². The molecule has 0 unspecified atom stereocenters. The second kappa shape index (κ2) is 13.4. The highest BCUT2D eigenvalue weighted by Crippen LogP contribution is 2.52. The summed E-state index contributed by atoms with van der Waals surface area (Å²) in [7, 11) is 0.657. The third kappa shape index (κ3) is 5.95. The predicted octanol–water partition coefficient (Wildman–Crippen LogP) is 13.7. The first kappa shape index (κ1) is 35.3. The molecular formula is C54H39BN2O4. The Labute approximate surface area is 354 Å². The summed E-state index contributed by atoms with van der Waals surface area (Å²) in [6.07, 6.45) is 0. The standard InChI is InChI=1S/C54H39BN2O4/c1-54(2,3)35-20-22-36(23-21-35)56-41-27-33-13-5-4-12-32(33)26-39(41)52-38-15-7-6-14-34(38)28-43-53(52)55-40-30-50-51(61-47-19-11-10-18-46(47)60-50)31-42(40)57(43)37-24-25-48-49(29-37)59-45-17-9-8-16-44(45)58-48/h4-31,55-56H,1-3H3. The highest BCUT2D eigenvalue weighted by atomic mass is 16.6. The van der Waals surface area contributed by atoms with E-state index in [1.165, 1.54) is 32.7 Å². The molecule has 9 aromatic rings. The van der Waals surface area contributed by atoms with Crippen LogP contribution in [0.15, 0.2) is 170 Å². The van der Waals surface area contributed by atoms with Gasteiger partial charge in [-0.15, -0.1) is 0 Å². The molecule has 9 aromatic carbocycles. The molecule has 0 aliphatic carbocycles. The highest BCUT2D eigenvalue weighted by Gasteiger charge is 2.33. The van der Waals surface area contributed by atoms with Gasteiger partial charge in [0.25, 0.3) is 0 Å². The first-order valence-corrected chi connectivity index (χ1v) is 20.8.